The lowest BCUT2D eigenvalue weighted by Crippen LogP contribution is -2.35. The minimum Gasteiger partial charge on any atom is -0.339 e. The number of halogens is 1. The van der Waals surface area contributed by atoms with Gasteiger partial charge in [-0.1, -0.05) is 12.1 Å². The summed E-state index contributed by atoms with van der Waals surface area (Å²) in [6.07, 6.45) is 2.76. The summed E-state index contributed by atoms with van der Waals surface area (Å²) in [6.45, 7) is 5.15. The van der Waals surface area contributed by atoms with Crippen molar-refractivity contribution in [1.82, 2.24) is 10.2 Å². The van der Waals surface area contributed by atoms with Crippen LogP contribution in [0, 0.1) is 11.7 Å². The van der Waals surface area contributed by atoms with E-state index in [9.17, 15) is 9.18 Å². The molecular weight excluding hydrogens is 255 g/mol. The molecule has 110 valence electrons. The second-order valence-electron chi connectivity index (χ2n) is 5.44. The van der Waals surface area contributed by atoms with Crippen molar-refractivity contribution in [2.75, 3.05) is 19.6 Å². The van der Waals surface area contributed by atoms with Crippen LogP contribution in [-0.2, 0) is 11.3 Å². The van der Waals surface area contributed by atoms with E-state index in [4.69, 9.17) is 0 Å². The first-order chi connectivity index (χ1) is 9.69. The van der Waals surface area contributed by atoms with Crippen LogP contribution in [0.25, 0.3) is 0 Å². The van der Waals surface area contributed by atoms with Gasteiger partial charge < -0.3 is 10.2 Å². The van der Waals surface area contributed by atoms with Crippen molar-refractivity contribution in [2.45, 2.75) is 32.7 Å². The van der Waals surface area contributed by atoms with Crippen LogP contribution in [-0.4, -0.2) is 30.4 Å². The van der Waals surface area contributed by atoms with Gasteiger partial charge in [0.1, 0.15) is 5.82 Å². The van der Waals surface area contributed by atoms with E-state index in [0.717, 1.165) is 31.5 Å². The Bertz CT molecular complexity index is 444. The van der Waals surface area contributed by atoms with Gasteiger partial charge in [0.25, 0.3) is 0 Å². The predicted octanol–water partition coefficient (Wildman–Crippen LogP) is 2.56. The molecule has 2 rings (SSSR count). The highest BCUT2D eigenvalue weighted by molar-refractivity contribution is 5.76. The third kappa shape index (κ3) is 4.30. The molecule has 0 unspecified atom stereocenters. The highest BCUT2D eigenvalue weighted by atomic mass is 19.1. The number of rotatable bonds is 5. The second kappa shape index (κ2) is 7.39. The van der Waals surface area contributed by atoms with Gasteiger partial charge in [-0.25, -0.2) is 4.39 Å². The lowest BCUT2D eigenvalue weighted by molar-refractivity contribution is -0.132. The van der Waals surface area contributed by atoms with E-state index in [1.165, 1.54) is 12.1 Å². The smallest absolute Gasteiger partial charge is 0.223 e. The van der Waals surface area contributed by atoms with E-state index in [1.54, 1.807) is 6.07 Å². The minimum atomic E-state index is -0.246. The van der Waals surface area contributed by atoms with Gasteiger partial charge in [0.05, 0.1) is 0 Å². The normalized spacial score (nSPS) is 16.1. The molecule has 0 atom stereocenters. The Morgan fingerprint density at radius 3 is 2.80 bits per heavy atom. The zero-order valence-electron chi connectivity index (χ0n) is 12.1. The van der Waals surface area contributed by atoms with E-state index in [0.29, 0.717) is 25.4 Å². The van der Waals surface area contributed by atoms with Gasteiger partial charge in [-0.2, -0.15) is 0 Å². The van der Waals surface area contributed by atoms with E-state index < -0.39 is 0 Å². The standard InChI is InChI=1S/C16H23FN2O/c1-2-19(12-14-4-3-5-15(17)10-14)16(20)11-13-6-8-18-9-7-13/h3-5,10,13,18H,2,6-9,11-12H2,1H3. The van der Waals surface area contributed by atoms with E-state index in [2.05, 4.69) is 5.32 Å². The maximum absolute atomic E-state index is 13.2. The Morgan fingerprint density at radius 2 is 2.15 bits per heavy atom. The molecule has 20 heavy (non-hydrogen) atoms. The van der Waals surface area contributed by atoms with Crippen molar-refractivity contribution in [1.29, 1.82) is 0 Å². The molecule has 0 saturated carbocycles. The fraction of sp³-hybridized carbons (Fsp3) is 0.562. The maximum Gasteiger partial charge on any atom is 0.223 e. The summed E-state index contributed by atoms with van der Waals surface area (Å²) < 4.78 is 13.2. The molecule has 1 heterocycles. The third-order valence-electron chi connectivity index (χ3n) is 3.92. The van der Waals surface area contributed by atoms with E-state index >= 15 is 0 Å². The van der Waals surface area contributed by atoms with Gasteiger partial charge in [-0.15, -0.1) is 0 Å². The lowest BCUT2D eigenvalue weighted by Gasteiger charge is -2.26. The molecular formula is C16H23FN2O. The lowest BCUT2D eigenvalue weighted by atomic mass is 9.94. The van der Waals surface area contributed by atoms with Gasteiger partial charge in [-0.05, 0) is 56.5 Å². The average Bonchev–Trinajstić information content (AvgIpc) is 2.46. The second-order valence-corrected chi connectivity index (χ2v) is 5.44. The number of hydrogen-bond donors (Lipinski definition) is 1. The van der Waals surface area contributed by atoms with Crippen LogP contribution >= 0.6 is 0 Å². The van der Waals surface area contributed by atoms with Gasteiger partial charge >= 0.3 is 0 Å². The van der Waals surface area contributed by atoms with Crippen molar-refractivity contribution >= 4 is 5.91 Å². The third-order valence-corrected chi connectivity index (χ3v) is 3.92. The minimum absolute atomic E-state index is 0.184. The molecule has 0 aromatic heterocycles. The Hall–Kier alpha value is -1.42. The topological polar surface area (TPSA) is 32.3 Å². The van der Waals surface area contributed by atoms with Crippen LogP contribution in [0.3, 0.4) is 0 Å². The van der Waals surface area contributed by atoms with Crippen molar-refractivity contribution < 1.29 is 9.18 Å². The van der Waals surface area contributed by atoms with Crippen LogP contribution in [0.4, 0.5) is 4.39 Å². The highest BCUT2D eigenvalue weighted by Crippen LogP contribution is 2.18. The van der Waals surface area contributed by atoms with E-state index in [-0.39, 0.29) is 11.7 Å². The number of nitrogens with zero attached hydrogens (tertiary/aromatic N) is 1. The predicted molar refractivity (Wildman–Crippen MR) is 77.7 cm³/mol. The molecule has 1 aromatic carbocycles. The molecule has 1 N–H and O–H groups in total. The fourth-order valence-electron chi connectivity index (χ4n) is 2.69. The van der Waals surface area contributed by atoms with Gasteiger partial charge in [0, 0.05) is 19.5 Å². The van der Waals surface area contributed by atoms with Crippen molar-refractivity contribution in [2.24, 2.45) is 5.92 Å². The van der Waals surface area contributed by atoms with Crippen molar-refractivity contribution in [3.8, 4) is 0 Å². The molecule has 3 nitrogen and oxygen atoms in total. The quantitative estimate of drug-likeness (QED) is 0.898. The summed E-state index contributed by atoms with van der Waals surface area (Å²) in [7, 11) is 0. The molecule has 1 saturated heterocycles. The van der Waals surface area contributed by atoms with Crippen molar-refractivity contribution in [3.63, 3.8) is 0 Å². The summed E-state index contributed by atoms with van der Waals surface area (Å²) in [5, 5.41) is 3.31. The van der Waals surface area contributed by atoms with Gasteiger partial charge in [0.2, 0.25) is 5.91 Å². The molecule has 1 amide bonds. The zero-order valence-corrected chi connectivity index (χ0v) is 12.1. The first kappa shape index (κ1) is 15.0. The monoisotopic (exact) mass is 278 g/mol. The first-order valence-electron chi connectivity index (χ1n) is 7.42. The number of nitrogens with one attached hydrogen (secondary N) is 1. The van der Waals surface area contributed by atoms with Crippen LogP contribution in [0.1, 0.15) is 31.7 Å². The van der Waals surface area contributed by atoms with Crippen molar-refractivity contribution in [3.05, 3.63) is 35.6 Å². The molecule has 4 heteroatoms. The number of amides is 1. The Morgan fingerprint density at radius 1 is 1.40 bits per heavy atom. The number of benzene rings is 1. The number of piperidine rings is 1. The molecule has 1 fully saturated rings. The zero-order chi connectivity index (χ0) is 14.4. The summed E-state index contributed by atoms with van der Waals surface area (Å²) >= 11 is 0. The summed E-state index contributed by atoms with van der Waals surface area (Å²) in [5.74, 6) is 0.429. The molecule has 0 radical (unpaired) electrons. The molecule has 1 aliphatic rings. The Balaban J connectivity index is 1.91. The molecule has 1 aliphatic heterocycles. The SMILES string of the molecule is CCN(Cc1cccc(F)c1)C(=O)CC1CCNCC1. The average molecular weight is 278 g/mol. The number of hydrogen-bond acceptors (Lipinski definition) is 2. The molecule has 0 bridgehead atoms. The number of carbonyl (C=O) groups excluding carboxylic acids is 1. The summed E-state index contributed by atoms with van der Waals surface area (Å²) in [5.41, 5.74) is 0.852. The van der Waals surface area contributed by atoms with Crippen LogP contribution < -0.4 is 5.32 Å². The molecule has 0 spiro atoms. The summed E-state index contributed by atoms with van der Waals surface area (Å²) in [6, 6.07) is 6.48. The Kier molecular flexibility index (Phi) is 5.53. The number of carbonyl (C=O) groups is 1. The maximum atomic E-state index is 13.2. The highest BCUT2D eigenvalue weighted by Gasteiger charge is 2.20. The molecule has 0 aliphatic carbocycles. The van der Waals surface area contributed by atoms with Crippen LogP contribution in [0.15, 0.2) is 24.3 Å². The van der Waals surface area contributed by atoms with Crippen LogP contribution in [0.2, 0.25) is 0 Å². The molecule has 1 aromatic rings. The largest absolute Gasteiger partial charge is 0.339 e. The fourth-order valence-corrected chi connectivity index (χ4v) is 2.69. The van der Waals surface area contributed by atoms with Gasteiger partial charge in [-0.3, -0.25) is 4.79 Å². The van der Waals surface area contributed by atoms with Gasteiger partial charge in [0.15, 0.2) is 0 Å². The first-order valence-corrected chi connectivity index (χ1v) is 7.42. The van der Waals surface area contributed by atoms with E-state index in [1.807, 2.05) is 17.9 Å². The Labute approximate surface area is 120 Å². The summed E-state index contributed by atoms with van der Waals surface area (Å²) in [4.78, 5) is 14.2. The van der Waals surface area contributed by atoms with Crippen LogP contribution in [0.5, 0.6) is 0 Å².